The highest BCUT2D eigenvalue weighted by atomic mass is 19.2. The van der Waals surface area contributed by atoms with Gasteiger partial charge in [-0.3, -0.25) is 14.4 Å². The molecule has 0 aliphatic rings. The topological polar surface area (TPSA) is 101 Å². The largest absolute Gasteiger partial charge is 0.493 e. The molecule has 0 unspecified atom stereocenters. The van der Waals surface area contributed by atoms with Crippen molar-refractivity contribution in [2.45, 2.75) is 39.2 Å². The molecule has 43 heavy (non-hydrogen) atoms. The molecule has 8 nitrogen and oxygen atoms in total. The zero-order chi connectivity index (χ0) is 32.0. The summed E-state index contributed by atoms with van der Waals surface area (Å²) in [6, 6.07) is 3.56. The number of carbonyl (C=O) groups excluding carboxylic acids is 3. The number of hydrogen-bond donors (Lipinski definition) is 0. The molecule has 3 rings (SSSR count). The van der Waals surface area contributed by atoms with E-state index in [4.69, 9.17) is 18.9 Å². The Morgan fingerprint density at radius 2 is 1.37 bits per heavy atom. The number of nitrogens with zero attached hydrogens (tertiary/aromatic N) is 1. The Labute approximate surface area is 241 Å². The third kappa shape index (κ3) is 7.81. The Bertz CT molecular complexity index is 1430. The normalized spacial score (nSPS) is 12.4. The number of carbonyl (C=O) groups is 3. The molecule has 1 heterocycles. The van der Waals surface area contributed by atoms with Crippen LogP contribution in [0.1, 0.15) is 54.7 Å². The lowest BCUT2D eigenvalue weighted by molar-refractivity contribution is -0.153. The van der Waals surface area contributed by atoms with Gasteiger partial charge in [0, 0.05) is 31.5 Å². The summed E-state index contributed by atoms with van der Waals surface area (Å²) in [7, 11) is 1.29. The van der Waals surface area contributed by atoms with Crippen LogP contribution in [0.5, 0.6) is 11.5 Å². The SMILES string of the molecule is COc1ccnc(C(=O)C[C@@H](C)C(=O)O[C@@H](C)C(c2cc(F)c(F)c(F)c2)c2cc(F)c(F)c(F)c2)c1OCOC(C)=O. The van der Waals surface area contributed by atoms with Crippen molar-refractivity contribution in [1.29, 1.82) is 0 Å². The number of halogens is 6. The Morgan fingerprint density at radius 3 is 1.84 bits per heavy atom. The molecule has 0 aliphatic heterocycles. The van der Waals surface area contributed by atoms with E-state index in [2.05, 4.69) is 4.98 Å². The number of Topliss-reactive ketones (excluding diaryl/α,β-unsaturated/α-hetero) is 1. The highest BCUT2D eigenvalue weighted by Gasteiger charge is 2.31. The maximum absolute atomic E-state index is 14.1. The van der Waals surface area contributed by atoms with Crippen LogP contribution in [0, 0.1) is 40.8 Å². The van der Waals surface area contributed by atoms with Crippen molar-refractivity contribution >= 4 is 17.7 Å². The first-order valence-electron chi connectivity index (χ1n) is 12.6. The fourth-order valence-electron chi connectivity index (χ4n) is 4.17. The number of ketones is 1. The Morgan fingerprint density at radius 1 is 0.860 bits per heavy atom. The van der Waals surface area contributed by atoms with Crippen molar-refractivity contribution in [3.63, 3.8) is 0 Å². The molecular formula is C29H25F6NO7. The van der Waals surface area contributed by atoms with Crippen LogP contribution < -0.4 is 9.47 Å². The van der Waals surface area contributed by atoms with Crippen LogP contribution in [0.15, 0.2) is 36.5 Å². The number of hydrogen-bond acceptors (Lipinski definition) is 8. The molecule has 0 saturated heterocycles. The lowest BCUT2D eigenvalue weighted by Gasteiger charge is -2.26. The van der Waals surface area contributed by atoms with Gasteiger partial charge in [0.2, 0.25) is 6.79 Å². The van der Waals surface area contributed by atoms with Crippen molar-refractivity contribution in [2.24, 2.45) is 5.92 Å². The van der Waals surface area contributed by atoms with E-state index >= 15 is 0 Å². The zero-order valence-corrected chi connectivity index (χ0v) is 23.2. The number of methoxy groups -OCH3 is 1. The lowest BCUT2D eigenvalue weighted by Crippen LogP contribution is -2.28. The van der Waals surface area contributed by atoms with E-state index in [1.165, 1.54) is 33.2 Å². The van der Waals surface area contributed by atoms with Gasteiger partial charge in [0.1, 0.15) is 6.10 Å². The third-order valence-electron chi connectivity index (χ3n) is 6.21. The highest BCUT2D eigenvalue weighted by molar-refractivity contribution is 5.99. The molecular weight excluding hydrogens is 588 g/mol. The maximum atomic E-state index is 14.1. The summed E-state index contributed by atoms with van der Waals surface area (Å²) < 4.78 is 104. The molecule has 0 amide bonds. The molecule has 230 valence electrons. The summed E-state index contributed by atoms with van der Waals surface area (Å²) in [6.45, 7) is 3.11. The minimum absolute atomic E-state index is 0.0784. The van der Waals surface area contributed by atoms with Gasteiger partial charge in [0.25, 0.3) is 0 Å². The second-order valence-electron chi connectivity index (χ2n) is 9.33. The second kappa shape index (κ2) is 14.0. The van der Waals surface area contributed by atoms with Crippen molar-refractivity contribution in [3.8, 4) is 11.5 Å². The molecule has 0 bridgehead atoms. The molecule has 0 fully saturated rings. The standard InChI is InChI=1S/C29H25F6NO7/c1-13(7-22(38)27-28(42-12-41-15(3)37)23(40-4)5-6-36-27)29(39)43-14(2)24(16-8-18(30)25(34)19(31)9-16)17-10-20(32)26(35)21(33)11-17/h5-6,8-11,13-14,24H,7,12H2,1-4H3/t13-,14+/m1/s1. The molecule has 0 saturated carbocycles. The predicted octanol–water partition coefficient (Wildman–Crippen LogP) is 5.80. The molecule has 0 radical (unpaired) electrons. The molecule has 0 aliphatic carbocycles. The number of rotatable bonds is 12. The van der Waals surface area contributed by atoms with Crippen LogP contribution >= 0.6 is 0 Å². The fourth-order valence-corrected chi connectivity index (χ4v) is 4.17. The average molecular weight is 614 g/mol. The van der Waals surface area contributed by atoms with Crippen LogP contribution in [0.3, 0.4) is 0 Å². The Balaban J connectivity index is 1.86. The average Bonchev–Trinajstić information content (AvgIpc) is 2.94. The van der Waals surface area contributed by atoms with Crippen LogP contribution in [-0.2, 0) is 19.1 Å². The van der Waals surface area contributed by atoms with Gasteiger partial charge in [-0.15, -0.1) is 0 Å². The van der Waals surface area contributed by atoms with Gasteiger partial charge in [-0.05, 0) is 42.3 Å². The monoisotopic (exact) mass is 613 g/mol. The first kappa shape index (κ1) is 32.9. The van der Waals surface area contributed by atoms with Crippen LogP contribution in [0.2, 0.25) is 0 Å². The minimum atomic E-state index is -1.81. The van der Waals surface area contributed by atoms with E-state index in [1.807, 2.05) is 0 Å². The van der Waals surface area contributed by atoms with Crippen LogP contribution in [0.25, 0.3) is 0 Å². The van der Waals surface area contributed by atoms with Gasteiger partial charge in [-0.2, -0.15) is 0 Å². The third-order valence-corrected chi connectivity index (χ3v) is 6.21. The second-order valence-corrected chi connectivity index (χ2v) is 9.33. The maximum Gasteiger partial charge on any atom is 0.309 e. The molecule has 2 aromatic carbocycles. The quantitative estimate of drug-likeness (QED) is 0.0832. The molecule has 3 aromatic rings. The van der Waals surface area contributed by atoms with Gasteiger partial charge in [0.15, 0.2) is 57.9 Å². The van der Waals surface area contributed by atoms with Crippen molar-refractivity contribution < 1.29 is 59.7 Å². The number of ether oxygens (including phenoxy) is 4. The summed E-state index contributed by atoms with van der Waals surface area (Å²) in [5.41, 5.74) is -1.01. The number of pyridine rings is 1. The van der Waals surface area contributed by atoms with Crippen LogP contribution in [0.4, 0.5) is 26.3 Å². The molecule has 1 aromatic heterocycles. The first-order valence-corrected chi connectivity index (χ1v) is 12.6. The minimum Gasteiger partial charge on any atom is -0.493 e. The van der Waals surface area contributed by atoms with Crippen molar-refractivity contribution in [2.75, 3.05) is 13.9 Å². The van der Waals surface area contributed by atoms with Gasteiger partial charge in [-0.25, -0.2) is 31.3 Å². The van der Waals surface area contributed by atoms with Gasteiger partial charge < -0.3 is 18.9 Å². The number of esters is 2. The summed E-state index contributed by atoms with van der Waals surface area (Å²) in [5, 5.41) is 0. The van der Waals surface area contributed by atoms with Gasteiger partial charge >= 0.3 is 11.9 Å². The van der Waals surface area contributed by atoms with Crippen molar-refractivity contribution in [1.82, 2.24) is 4.98 Å². The summed E-state index contributed by atoms with van der Waals surface area (Å²) >= 11 is 0. The Kier molecular flexibility index (Phi) is 10.7. The summed E-state index contributed by atoms with van der Waals surface area (Å²) in [4.78, 5) is 41.1. The predicted molar refractivity (Wildman–Crippen MR) is 136 cm³/mol. The number of benzene rings is 2. The molecule has 2 atom stereocenters. The summed E-state index contributed by atoms with van der Waals surface area (Å²) in [5.74, 6) is -15.3. The van der Waals surface area contributed by atoms with E-state index in [9.17, 15) is 40.7 Å². The number of aromatic nitrogens is 1. The highest BCUT2D eigenvalue weighted by Crippen LogP contribution is 2.35. The molecule has 0 spiro atoms. The van der Waals surface area contributed by atoms with E-state index in [0.29, 0.717) is 24.3 Å². The van der Waals surface area contributed by atoms with E-state index in [0.717, 1.165) is 6.92 Å². The first-order chi connectivity index (χ1) is 20.2. The smallest absolute Gasteiger partial charge is 0.309 e. The van der Waals surface area contributed by atoms with E-state index in [1.54, 1.807) is 0 Å². The van der Waals surface area contributed by atoms with Crippen LogP contribution in [-0.4, -0.2) is 42.7 Å². The van der Waals surface area contributed by atoms with Crippen molar-refractivity contribution in [3.05, 3.63) is 88.3 Å². The van der Waals surface area contributed by atoms with E-state index in [-0.39, 0.29) is 28.3 Å². The Hall–Kier alpha value is -4.62. The molecule has 14 heteroatoms. The zero-order valence-electron chi connectivity index (χ0n) is 23.2. The fraction of sp³-hybridized carbons (Fsp3) is 0.310. The summed E-state index contributed by atoms with van der Waals surface area (Å²) in [6.07, 6.45) is -0.682. The van der Waals surface area contributed by atoms with Gasteiger partial charge in [0.05, 0.1) is 13.0 Å². The van der Waals surface area contributed by atoms with E-state index < -0.39 is 83.8 Å². The van der Waals surface area contributed by atoms with Gasteiger partial charge in [-0.1, -0.05) is 6.92 Å². The lowest BCUT2D eigenvalue weighted by atomic mass is 9.86. The molecule has 0 N–H and O–H groups in total.